The topological polar surface area (TPSA) is 78.9 Å². The van der Waals surface area contributed by atoms with Crippen LogP contribution in [0.2, 0.25) is 0 Å². The highest BCUT2D eigenvalue weighted by atomic mass is 31.2. The molecular formula is C8H7F6O6P. The fourth-order valence-corrected chi connectivity index (χ4v) is 3.02. The Labute approximate surface area is 112 Å². The molecule has 1 unspecified atom stereocenters. The van der Waals surface area contributed by atoms with E-state index in [1.165, 1.54) is 0 Å². The van der Waals surface area contributed by atoms with E-state index in [0.717, 1.165) is 0 Å². The Bertz CT molecular complexity index is 449. The van der Waals surface area contributed by atoms with Gasteiger partial charge in [0.2, 0.25) is 0 Å². The van der Waals surface area contributed by atoms with E-state index in [4.69, 9.17) is 0 Å². The maximum absolute atomic E-state index is 12.0. The number of hydrogen-bond acceptors (Lipinski definition) is 6. The number of ether oxygens (including phenoxy) is 1. The monoisotopic (exact) mass is 344 g/mol. The zero-order valence-electron chi connectivity index (χ0n) is 9.86. The van der Waals surface area contributed by atoms with Crippen molar-refractivity contribution in [3.8, 4) is 0 Å². The molecule has 0 aliphatic carbocycles. The molecule has 1 aliphatic heterocycles. The molecule has 1 saturated heterocycles. The molecule has 1 fully saturated rings. The second kappa shape index (κ2) is 5.93. The van der Waals surface area contributed by atoms with Crippen LogP contribution in [0.15, 0.2) is 0 Å². The molecule has 0 saturated carbocycles. The van der Waals surface area contributed by atoms with Crippen LogP contribution in [-0.2, 0) is 27.9 Å². The molecule has 0 N–H and O–H groups in total. The fourth-order valence-electron chi connectivity index (χ4n) is 1.25. The third kappa shape index (κ3) is 5.64. The average molecular weight is 344 g/mol. The lowest BCUT2D eigenvalue weighted by Gasteiger charge is -2.22. The van der Waals surface area contributed by atoms with E-state index in [1.807, 2.05) is 0 Å². The van der Waals surface area contributed by atoms with E-state index < -0.39 is 57.2 Å². The molecule has 0 aromatic heterocycles. The van der Waals surface area contributed by atoms with Crippen molar-refractivity contribution in [3.63, 3.8) is 0 Å². The van der Waals surface area contributed by atoms with Crippen molar-refractivity contribution in [2.45, 2.75) is 24.4 Å². The highest BCUT2D eigenvalue weighted by Crippen LogP contribution is 2.57. The first kappa shape index (κ1) is 17.9. The molecule has 1 heterocycles. The van der Waals surface area contributed by atoms with E-state index in [-0.39, 0.29) is 0 Å². The Balaban J connectivity index is 2.90. The summed E-state index contributed by atoms with van der Waals surface area (Å²) in [5, 5.41) is 0. The summed E-state index contributed by atoms with van der Waals surface area (Å²) in [5.74, 6) is -2.82. The Morgan fingerprint density at radius 1 is 1.05 bits per heavy atom. The van der Waals surface area contributed by atoms with Gasteiger partial charge >= 0.3 is 31.9 Å². The van der Waals surface area contributed by atoms with Gasteiger partial charge in [-0.25, -0.2) is 0 Å². The summed E-state index contributed by atoms with van der Waals surface area (Å²) in [6, 6.07) is 0. The van der Waals surface area contributed by atoms with Gasteiger partial charge in [0.05, 0.1) is 6.42 Å². The van der Waals surface area contributed by atoms with Crippen molar-refractivity contribution in [1.82, 2.24) is 0 Å². The number of alkyl halides is 6. The maximum Gasteiger partial charge on any atom is 0.412 e. The van der Waals surface area contributed by atoms with Crippen LogP contribution in [0.3, 0.4) is 0 Å². The molecule has 6 nitrogen and oxygen atoms in total. The third-order valence-electron chi connectivity index (χ3n) is 2.04. The van der Waals surface area contributed by atoms with Crippen LogP contribution in [0.5, 0.6) is 0 Å². The quantitative estimate of drug-likeness (QED) is 0.329. The molecule has 1 rings (SSSR count). The summed E-state index contributed by atoms with van der Waals surface area (Å²) < 4.78 is 95.7. The zero-order chi connectivity index (χ0) is 16.5. The Morgan fingerprint density at radius 3 is 1.76 bits per heavy atom. The predicted octanol–water partition coefficient (Wildman–Crippen LogP) is 2.18. The molecule has 0 radical (unpaired) electrons. The number of halogens is 6. The number of rotatable bonds is 5. The molecule has 0 bridgehead atoms. The number of cyclic esters (lactones) is 2. The van der Waals surface area contributed by atoms with E-state index in [9.17, 15) is 40.5 Å². The molecular weight excluding hydrogens is 337 g/mol. The molecule has 0 amide bonds. The Kier molecular flexibility index (Phi) is 5.06. The molecule has 122 valence electrons. The first-order chi connectivity index (χ1) is 9.32. The SMILES string of the molecule is O=C1CC(P(=O)(OCC(F)(F)F)OCC(F)(F)F)C(=O)O1. The molecule has 0 aromatic carbocycles. The number of carbonyl (C=O) groups is 2. The zero-order valence-corrected chi connectivity index (χ0v) is 10.8. The summed E-state index contributed by atoms with van der Waals surface area (Å²) in [6.45, 7) is -4.42. The van der Waals surface area contributed by atoms with E-state index in [2.05, 4.69) is 13.8 Å². The van der Waals surface area contributed by atoms with Crippen LogP contribution in [0.4, 0.5) is 26.3 Å². The first-order valence-electron chi connectivity index (χ1n) is 5.09. The summed E-state index contributed by atoms with van der Waals surface area (Å²) >= 11 is 0. The highest BCUT2D eigenvalue weighted by Gasteiger charge is 2.52. The van der Waals surface area contributed by atoms with Crippen molar-refractivity contribution in [2.75, 3.05) is 13.2 Å². The van der Waals surface area contributed by atoms with E-state index in [0.29, 0.717) is 0 Å². The number of carbonyl (C=O) groups excluding carboxylic acids is 2. The minimum absolute atomic E-state index is 0.994. The van der Waals surface area contributed by atoms with Crippen molar-refractivity contribution < 1.29 is 54.3 Å². The fraction of sp³-hybridized carbons (Fsp3) is 0.750. The Hall–Kier alpha value is -1.13. The van der Waals surface area contributed by atoms with Crippen LogP contribution in [0, 0.1) is 0 Å². The normalized spacial score (nSPS) is 20.8. The minimum atomic E-state index is -5.19. The van der Waals surface area contributed by atoms with E-state index in [1.54, 1.807) is 0 Å². The summed E-state index contributed by atoms with van der Waals surface area (Å²) in [5.41, 5.74) is -2.16. The molecule has 0 aromatic rings. The van der Waals surface area contributed by atoms with Crippen LogP contribution in [-0.4, -0.2) is 43.2 Å². The summed E-state index contributed by atoms with van der Waals surface area (Å²) in [6.07, 6.45) is -11.0. The first-order valence-corrected chi connectivity index (χ1v) is 6.70. The molecule has 21 heavy (non-hydrogen) atoms. The van der Waals surface area contributed by atoms with Crippen molar-refractivity contribution >= 4 is 19.5 Å². The van der Waals surface area contributed by atoms with Crippen LogP contribution < -0.4 is 0 Å². The van der Waals surface area contributed by atoms with Gasteiger partial charge in [-0.2, -0.15) is 26.3 Å². The highest BCUT2D eigenvalue weighted by molar-refractivity contribution is 7.55. The lowest BCUT2D eigenvalue weighted by atomic mass is 10.4. The van der Waals surface area contributed by atoms with Gasteiger partial charge in [-0.3, -0.25) is 23.2 Å². The second-order valence-corrected chi connectivity index (χ2v) is 6.05. The van der Waals surface area contributed by atoms with E-state index >= 15 is 0 Å². The lowest BCUT2D eigenvalue weighted by molar-refractivity contribution is -0.166. The molecule has 1 aliphatic rings. The Morgan fingerprint density at radius 2 is 1.48 bits per heavy atom. The van der Waals surface area contributed by atoms with Gasteiger partial charge in [-0.05, 0) is 0 Å². The second-order valence-electron chi connectivity index (χ2n) is 3.83. The van der Waals surface area contributed by atoms with Crippen molar-refractivity contribution in [3.05, 3.63) is 0 Å². The van der Waals surface area contributed by atoms with Crippen molar-refractivity contribution in [1.29, 1.82) is 0 Å². The third-order valence-corrected chi connectivity index (χ3v) is 4.18. The van der Waals surface area contributed by atoms with Gasteiger partial charge in [0.15, 0.2) is 18.9 Å². The largest absolute Gasteiger partial charge is 0.412 e. The smallest absolute Gasteiger partial charge is 0.392 e. The standard InChI is InChI=1S/C8H7F6O6P/c9-7(10,11)2-18-21(17,19-3-8(12,13)14)4-1-5(15)20-6(4)16/h4H,1-3H2. The van der Waals surface area contributed by atoms with Gasteiger partial charge in [0.1, 0.15) is 0 Å². The molecule has 1 atom stereocenters. The minimum Gasteiger partial charge on any atom is -0.392 e. The number of esters is 2. The van der Waals surface area contributed by atoms with Gasteiger partial charge < -0.3 is 4.74 Å². The van der Waals surface area contributed by atoms with Gasteiger partial charge in [0, 0.05) is 0 Å². The van der Waals surface area contributed by atoms with Crippen LogP contribution in [0.1, 0.15) is 6.42 Å². The summed E-state index contributed by atoms with van der Waals surface area (Å²) in [4.78, 5) is 21.9. The average Bonchev–Trinajstić information content (AvgIpc) is 2.62. The number of hydrogen-bond donors (Lipinski definition) is 0. The lowest BCUT2D eigenvalue weighted by Crippen LogP contribution is -2.26. The van der Waals surface area contributed by atoms with Gasteiger partial charge in [0.25, 0.3) is 0 Å². The van der Waals surface area contributed by atoms with Crippen molar-refractivity contribution in [2.24, 2.45) is 0 Å². The predicted molar refractivity (Wildman–Crippen MR) is 51.1 cm³/mol. The van der Waals surface area contributed by atoms with Crippen LogP contribution >= 0.6 is 7.60 Å². The van der Waals surface area contributed by atoms with Gasteiger partial charge in [-0.15, -0.1) is 0 Å². The maximum atomic E-state index is 12.0. The van der Waals surface area contributed by atoms with Crippen LogP contribution in [0.25, 0.3) is 0 Å². The molecule has 13 heteroatoms. The summed E-state index contributed by atoms with van der Waals surface area (Å²) in [7, 11) is -5.19. The van der Waals surface area contributed by atoms with Gasteiger partial charge in [-0.1, -0.05) is 0 Å². The molecule has 0 spiro atoms.